The molecule has 0 radical (unpaired) electrons. The fourth-order valence-electron chi connectivity index (χ4n) is 11.3. The first-order valence-corrected chi connectivity index (χ1v) is 24.1. The van der Waals surface area contributed by atoms with Crippen molar-refractivity contribution in [2.24, 2.45) is 65.5 Å². The largest absolute Gasteiger partial charge is 0.603 e. The van der Waals surface area contributed by atoms with Crippen molar-refractivity contribution in [2.45, 2.75) is 66.2 Å². The van der Waals surface area contributed by atoms with Gasteiger partial charge in [-0.25, -0.2) is 30.0 Å². The molecule has 4 aromatic carbocycles. The van der Waals surface area contributed by atoms with Crippen LogP contribution in [0.3, 0.4) is 0 Å². The number of nitrogens with zero attached hydrogens (tertiary/aromatic N) is 8. The highest BCUT2D eigenvalue weighted by Gasteiger charge is 2.54. The van der Waals surface area contributed by atoms with E-state index < -0.39 is 8.88 Å². The van der Waals surface area contributed by atoms with Crippen molar-refractivity contribution in [2.75, 3.05) is 13.2 Å². The Hall–Kier alpha value is -5.62. The van der Waals surface area contributed by atoms with Gasteiger partial charge in [-0.05, 0) is 35.5 Å². The van der Waals surface area contributed by atoms with E-state index in [4.69, 9.17) is 38.8 Å². The van der Waals surface area contributed by atoms with E-state index in [1.807, 2.05) is 0 Å². The molecule has 6 aromatic rings. The van der Waals surface area contributed by atoms with Gasteiger partial charge in [0.15, 0.2) is 23.3 Å². The van der Waals surface area contributed by atoms with Gasteiger partial charge in [-0.2, -0.15) is 0 Å². The average molecular weight is 823 g/mol. The van der Waals surface area contributed by atoms with Gasteiger partial charge < -0.3 is 8.85 Å². The SMILES string of the molecule is CC1CCCC(C)C1CO[Si]1(OCC2C(C)CCCC2C)n2c3c4ccccc4c2/N=C2N=C(/N=c4/c5ccccc5/c(n41)=N/C1=NC(=N\3)/c3ccccc31)c1ccccc1\2. The standard InChI is InChI=1S/C50H50N8O2Si/c1-29-15-13-16-30(2)41(29)27-59-61(60-28-42-31(3)17-14-18-32(42)4)57-47-37-23-9-10-24-38(37)49(57)55-45-35-21-7-8-22-36(35)46(52-45)56-50-40-26-12-11-25-39(40)48(58(50)61)54-44-34-20-6-5-19-33(34)43(51-44)53-47/h5-12,19-26,29-32,41-42H,13-18,27-28H2,1-4H3/b53-43-,53-47?,54-44?,54-48-,55-45-,55-49?,56-46?,56-50-. The van der Waals surface area contributed by atoms with Crippen LogP contribution in [-0.2, 0) is 8.85 Å². The number of hydrogen-bond donors (Lipinski definition) is 0. The molecule has 4 atom stereocenters. The summed E-state index contributed by atoms with van der Waals surface area (Å²) in [6, 6.07) is 33.6. The number of hydrogen-bond acceptors (Lipinski definition) is 8. The van der Waals surface area contributed by atoms with Gasteiger partial charge in [-0.15, -0.1) is 0 Å². The maximum absolute atomic E-state index is 8.05. The summed E-state index contributed by atoms with van der Waals surface area (Å²) in [5.74, 6) is 6.47. The molecule has 11 heteroatoms. The Morgan fingerprint density at radius 2 is 0.787 bits per heavy atom. The van der Waals surface area contributed by atoms with E-state index in [9.17, 15) is 0 Å². The second kappa shape index (κ2) is 14.2. The molecule has 61 heavy (non-hydrogen) atoms. The van der Waals surface area contributed by atoms with E-state index in [2.05, 4.69) is 133 Å². The first-order chi connectivity index (χ1) is 29.9. The minimum Gasteiger partial charge on any atom is -0.361 e. The zero-order valence-corrected chi connectivity index (χ0v) is 36.3. The van der Waals surface area contributed by atoms with Crippen molar-refractivity contribution in [3.8, 4) is 0 Å². The second-order valence-corrected chi connectivity index (χ2v) is 21.0. The average Bonchev–Trinajstić information content (AvgIpc) is 3.99. The molecule has 6 heterocycles. The molecular weight excluding hydrogens is 773 g/mol. The predicted molar refractivity (Wildman–Crippen MR) is 244 cm³/mol. The second-order valence-electron chi connectivity index (χ2n) is 18.4. The number of amidine groups is 4. The molecule has 2 aromatic heterocycles. The van der Waals surface area contributed by atoms with E-state index in [0.29, 0.717) is 94.7 Å². The van der Waals surface area contributed by atoms with Gasteiger partial charge in [0, 0.05) is 57.0 Å². The van der Waals surface area contributed by atoms with Gasteiger partial charge in [-0.3, -0.25) is 8.47 Å². The summed E-state index contributed by atoms with van der Waals surface area (Å²) in [6.07, 6.45) is 7.20. The van der Waals surface area contributed by atoms with Crippen LogP contribution >= 0.6 is 0 Å². The van der Waals surface area contributed by atoms with Gasteiger partial charge in [0.05, 0.1) is 0 Å². The molecule has 10 nitrogen and oxygen atoms in total. The zero-order valence-electron chi connectivity index (χ0n) is 35.3. The van der Waals surface area contributed by atoms with Gasteiger partial charge in [-0.1, -0.05) is 163 Å². The van der Waals surface area contributed by atoms with E-state index in [-0.39, 0.29) is 0 Å². The number of rotatable bonds is 6. The summed E-state index contributed by atoms with van der Waals surface area (Å²) in [4.78, 5) is 33.1. The Morgan fingerprint density at radius 1 is 0.443 bits per heavy atom. The minimum atomic E-state index is -4.17. The minimum absolute atomic E-state index is 0.326. The third kappa shape index (κ3) is 5.66. The Kier molecular flexibility index (Phi) is 8.66. The van der Waals surface area contributed by atoms with Crippen molar-refractivity contribution < 1.29 is 8.85 Å². The third-order valence-electron chi connectivity index (χ3n) is 14.8. The Bertz CT molecular complexity index is 2850. The molecule has 0 spiro atoms. The molecule has 4 unspecified atom stereocenters. The highest BCUT2D eigenvalue weighted by Crippen LogP contribution is 2.45. The van der Waals surface area contributed by atoms with Crippen LogP contribution in [0.4, 0.5) is 11.6 Å². The van der Waals surface area contributed by atoms with Crippen LogP contribution in [0, 0.1) is 35.5 Å². The monoisotopic (exact) mass is 822 g/mol. The number of aliphatic imine (C=N–C) groups is 4. The molecule has 4 aliphatic heterocycles. The molecule has 6 aliphatic rings. The maximum atomic E-state index is 8.05. The summed E-state index contributed by atoms with van der Waals surface area (Å²) in [7, 11) is -4.17. The Labute approximate surface area is 356 Å². The molecule has 2 saturated carbocycles. The van der Waals surface area contributed by atoms with Crippen LogP contribution in [0.1, 0.15) is 88.5 Å². The lowest BCUT2D eigenvalue weighted by atomic mass is 9.74. The van der Waals surface area contributed by atoms with Gasteiger partial charge >= 0.3 is 8.88 Å². The summed E-state index contributed by atoms with van der Waals surface area (Å²) in [6.45, 7) is 10.6. The van der Waals surface area contributed by atoms with Gasteiger partial charge in [0.2, 0.25) is 0 Å². The van der Waals surface area contributed by atoms with Crippen LogP contribution < -0.4 is 11.0 Å². The van der Waals surface area contributed by atoms with Crippen molar-refractivity contribution >= 4 is 65.4 Å². The van der Waals surface area contributed by atoms with E-state index in [1.54, 1.807) is 0 Å². The number of aromatic nitrogens is 2. The predicted octanol–water partition coefficient (Wildman–Crippen LogP) is 9.55. The lowest BCUT2D eigenvalue weighted by molar-refractivity contribution is 0.0421. The van der Waals surface area contributed by atoms with Crippen LogP contribution in [0.25, 0.3) is 21.5 Å². The molecule has 6 bridgehead atoms. The topological polar surface area (TPSA) is 102 Å². The first-order valence-electron chi connectivity index (χ1n) is 22.4. The zero-order chi connectivity index (χ0) is 41.0. The van der Waals surface area contributed by atoms with E-state index >= 15 is 0 Å². The molecular formula is C50H50N8O2Si. The third-order valence-corrected chi connectivity index (χ3v) is 17.9. The summed E-state index contributed by atoms with van der Waals surface area (Å²) >= 11 is 0. The lowest BCUT2D eigenvalue weighted by Gasteiger charge is -2.41. The van der Waals surface area contributed by atoms with Crippen LogP contribution in [-0.4, -0.2) is 53.9 Å². The van der Waals surface area contributed by atoms with Crippen LogP contribution in [0.5, 0.6) is 0 Å². The van der Waals surface area contributed by atoms with Crippen molar-refractivity contribution in [3.63, 3.8) is 0 Å². The summed E-state index contributed by atoms with van der Waals surface area (Å²) in [5.41, 5.74) is 5.16. The molecule has 2 fully saturated rings. The Balaban J connectivity index is 1.28. The fourth-order valence-corrected chi connectivity index (χ4v) is 14.7. The molecule has 12 rings (SSSR count). The Morgan fingerprint density at radius 3 is 1.18 bits per heavy atom. The van der Waals surface area contributed by atoms with Crippen LogP contribution in [0.15, 0.2) is 127 Å². The molecule has 0 saturated heterocycles. The molecule has 0 amide bonds. The van der Waals surface area contributed by atoms with E-state index in [0.717, 1.165) is 43.8 Å². The molecule has 0 N–H and O–H groups in total. The van der Waals surface area contributed by atoms with E-state index in [1.165, 1.54) is 38.5 Å². The van der Waals surface area contributed by atoms with Gasteiger partial charge in [0.25, 0.3) is 0 Å². The normalized spacial score (nSPS) is 30.1. The van der Waals surface area contributed by atoms with Crippen molar-refractivity contribution in [1.82, 2.24) is 8.47 Å². The maximum Gasteiger partial charge on any atom is 0.603 e. The quantitative estimate of drug-likeness (QED) is 0.156. The molecule has 306 valence electrons. The highest BCUT2D eigenvalue weighted by atomic mass is 28.4. The lowest BCUT2D eigenvalue weighted by Crippen LogP contribution is -2.65. The van der Waals surface area contributed by atoms with Crippen molar-refractivity contribution in [3.05, 3.63) is 130 Å². The number of benzene rings is 4. The fraction of sp³-hybridized carbons (Fsp3) is 0.360. The summed E-state index contributed by atoms with van der Waals surface area (Å²) in [5, 5.41) is 3.79. The summed E-state index contributed by atoms with van der Waals surface area (Å²) < 4.78 is 20.6. The molecule has 2 aliphatic carbocycles. The highest BCUT2D eigenvalue weighted by molar-refractivity contribution is 6.66. The first kappa shape index (κ1) is 37.2. The van der Waals surface area contributed by atoms with Crippen LogP contribution in [0.2, 0.25) is 0 Å². The van der Waals surface area contributed by atoms with Gasteiger partial charge in [0.1, 0.15) is 22.6 Å². The van der Waals surface area contributed by atoms with Crippen molar-refractivity contribution in [1.29, 1.82) is 0 Å². The number of fused-ring (bicyclic) bond motifs is 14. The smallest absolute Gasteiger partial charge is 0.361 e.